The lowest BCUT2D eigenvalue weighted by atomic mass is 10.2. The second-order valence-electron chi connectivity index (χ2n) is 6.46. The number of aromatic nitrogens is 1. The van der Waals surface area contributed by atoms with E-state index < -0.39 is 9.84 Å². The van der Waals surface area contributed by atoms with Crippen LogP contribution in [-0.4, -0.2) is 43.0 Å². The molecule has 1 aromatic heterocycles. The lowest BCUT2D eigenvalue weighted by molar-refractivity contribution is -0.123. The van der Waals surface area contributed by atoms with E-state index in [4.69, 9.17) is 4.74 Å². The van der Waals surface area contributed by atoms with Gasteiger partial charge in [0.15, 0.2) is 16.4 Å². The van der Waals surface area contributed by atoms with E-state index in [-0.39, 0.29) is 30.1 Å². The van der Waals surface area contributed by atoms with Crippen molar-refractivity contribution in [1.29, 1.82) is 0 Å². The fourth-order valence-electron chi connectivity index (χ4n) is 3.06. The number of nitrogens with zero attached hydrogens (tertiary/aromatic N) is 1. The summed E-state index contributed by atoms with van der Waals surface area (Å²) in [7, 11) is -3.00. The van der Waals surface area contributed by atoms with Gasteiger partial charge in [-0.15, -0.1) is 0 Å². The van der Waals surface area contributed by atoms with Gasteiger partial charge in [-0.3, -0.25) is 4.79 Å². The molecule has 1 saturated heterocycles. The molecule has 24 heavy (non-hydrogen) atoms. The van der Waals surface area contributed by atoms with Crippen LogP contribution in [0.15, 0.2) is 30.5 Å². The number of sulfone groups is 1. The summed E-state index contributed by atoms with van der Waals surface area (Å²) in [5, 5.41) is 3.69. The summed E-state index contributed by atoms with van der Waals surface area (Å²) >= 11 is 0. The molecule has 0 bridgehead atoms. The van der Waals surface area contributed by atoms with Gasteiger partial charge in [0.05, 0.1) is 17.0 Å². The smallest absolute Gasteiger partial charge is 0.258 e. The number of benzene rings is 1. The lowest BCUT2D eigenvalue weighted by Crippen LogP contribution is -2.38. The second kappa shape index (κ2) is 6.47. The third kappa shape index (κ3) is 3.56. The summed E-state index contributed by atoms with van der Waals surface area (Å²) in [6.45, 7) is 4.09. The number of rotatable bonds is 5. The number of amides is 1. The minimum Gasteiger partial charge on any atom is -0.483 e. The molecule has 1 aliphatic heterocycles. The molecule has 0 aliphatic carbocycles. The average Bonchev–Trinajstić information content (AvgIpc) is 3.08. The van der Waals surface area contributed by atoms with E-state index in [0.29, 0.717) is 18.2 Å². The molecule has 1 unspecified atom stereocenters. The summed E-state index contributed by atoms with van der Waals surface area (Å²) in [5.74, 6) is 0.519. The molecule has 1 fully saturated rings. The predicted molar refractivity (Wildman–Crippen MR) is 93.0 cm³/mol. The van der Waals surface area contributed by atoms with Gasteiger partial charge in [-0.1, -0.05) is 6.07 Å². The maximum atomic E-state index is 12.0. The Labute approximate surface area is 141 Å². The van der Waals surface area contributed by atoms with E-state index in [1.54, 1.807) is 0 Å². The molecular weight excluding hydrogens is 328 g/mol. The molecule has 1 N–H and O–H groups in total. The Morgan fingerprint density at radius 3 is 2.83 bits per heavy atom. The van der Waals surface area contributed by atoms with Gasteiger partial charge in [-0.25, -0.2) is 8.42 Å². The largest absolute Gasteiger partial charge is 0.483 e. The van der Waals surface area contributed by atoms with Crippen molar-refractivity contribution in [2.24, 2.45) is 0 Å². The third-order valence-corrected chi connectivity index (χ3v) is 6.00. The van der Waals surface area contributed by atoms with Crippen molar-refractivity contribution < 1.29 is 17.9 Å². The Hall–Kier alpha value is -2.02. The van der Waals surface area contributed by atoms with Crippen LogP contribution in [0.2, 0.25) is 0 Å². The average molecular weight is 350 g/mol. The van der Waals surface area contributed by atoms with Crippen LogP contribution >= 0.6 is 0 Å². The van der Waals surface area contributed by atoms with Crippen molar-refractivity contribution in [2.75, 3.05) is 18.1 Å². The van der Waals surface area contributed by atoms with E-state index in [9.17, 15) is 13.2 Å². The number of hydrogen-bond acceptors (Lipinski definition) is 4. The Morgan fingerprint density at radius 1 is 1.38 bits per heavy atom. The van der Waals surface area contributed by atoms with Gasteiger partial charge < -0.3 is 14.6 Å². The quantitative estimate of drug-likeness (QED) is 0.893. The summed E-state index contributed by atoms with van der Waals surface area (Å²) in [6, 6.07) is 7.77. The van der Waals surface area contributed by atoms with Gasteiger partial charge in [0, 0.05) is 23.7 Å². The molecule has 1 aromatic carbocycles. The molecule has 7 heteroatoms. The van der Waals surface area contributed by atoms with Gasteiger partial charge in [0.2, 0.25) is 0 Å². The van der Waals surface area contributed by atoms with Gasteiger partial charge in [-0.05, 0) is 38.5 Å². The standard InChI is InChI=1S/C17H22N2O4S/c1-12(2)19-8-6-14-15(19)4-3-5-16(14)23-10-17(20)18-13-7-9-24(21,22)11-13/h3-6,8,12-13H,7,9-11H2,1-2H3,(H,18,20). The molecule has 1 aliphatic rings. The Bertz CT molecular complexity index is 855. The number of carbonyl (C=O) groups excluding carboxylic acids is 1. The molecule has 6 nitrogen and oxygen atoms in total. The maximum absolute atomic E-state index is 12.0. The van der Waals surface area contributed by atoms with Crippen molar-refractivity contribution in [3.05, 3.63) is 30.5 Å². The molecule has 3 rings (SSSR count). The van der Waals surface area contributed by atoms with Crippen LogP contribution in [0.3, 0.4) is 0 Å². The normalized spacial score (nSPS) is 19.7. The first-order chi connectivity index (χ1) is 11.4. The van der Waals surface area contributed by atoms with Crippen molar-refractivity contribution in [3.8, 4) is 5.75 Å². The van der Waals surface area contributed by atoms with E-state index in [1.165, 1.54) is 0 Å². The fourth-order valence-corrected chi connectivity index (χ4v) is 4.73. The van der Waals surface area contributed by atoms with Crippen LogP contribution in [0, 0.1) is 0 Å². The molecule has 130 valence electrons. The van der Waals surface area contributed by atoms with Gasteiger partial charge in [-0.2, -0.15) is 0 Å². The highest BCUT2D eigenvalue weighted by molar-refractivity contribution is 7.91. The Balaban J connectivity index is 1.64. The zero-order valence-electron chi connectivity index (χ0n) is 13.9. The monoisotopic (exact) mass is 350 g/mol. The molecule has 2 heterocycles. The molecular formula is C17H22N2O4S. The van der Waals surface area contributed by atoms with Crippen LogP contribution in [0.25, 0.3) is 10.9 Å². The zero-order chi connectivity index (χ0) is 17.3. The molecule has 0 radical (unpaired) electrons. The highest BCUT2D eigenvalue weighted by Gasteiger charge is 2.28. The van der Waals surface area contributed by atoms with Gasteiger partial charge in [0.25, 0.3) is 5.91 Å². The van der Waals surface area contributed by atoms with E-state index in [2.05, 4.69) is 23.7 Å². The molecule has 1 amide bonds. The van der Waals surface area contributed by atoms with Crippen LogP contribution in [0.5, 0.6) is 5.75 Å². The first kappa shape index (κ1) is 16.8. The van der Waals surface area contributed by atoms with E-state index in [0.717, 1.165) is 10.9 Å². The summed E-state index contributed by atoms with van der Waals surface area (Å²) < 4.78 is 30.6. The topological polar surface area (TPSA) is 77.4 Å². The van der Waals surface area contributed by atoms with E-state index in [1.807, 2.05) is 30.5 Å². The van der Waals surface area contributed by atoms with Crippen molar-refractivity contribution in [2.45, 2.75) is 32.4 Å². The summed E-state index contributed by atoms with van der Waals surface area (Å²) in [5.41, 5.74) is 1.06. The summed E-state index contributed by atoms with van der Waals surface area (Å²) in [4.78, 5) is 12.0. The van der Waals surface area contributed by atoms with Crippen LogP contribution in [0.1, 0.15) is 26.3 Å². The number of hydrogen-bond donors (Lipinski definition) is 1. The van der Waals surface area contributed by atoms with Crippen LogP contribution < -0.4 is 10.1 Å². The zero-order valence-corrected chi connectivity index (χ0v) is 14.7. The van der Waals surface area contributed by atoms with Crippen LogP contribution in [-0.2, 0) is 14.6 Å². The molecule has 0 saturated carbocycles. The molecule has 1 atom stereocenters. The van der Waals surface area contributed by atoms with Crippen molar-refractivity contribution in [3.63, 3.8) is 0 Å². The minimum absolute atomic E-state index is 0.0194. The maximum Gasteiger partial charge on any atom is 0.258 e. The second-order valence-corrected chi connectivity index (χ2v) is 8.69. The van der Waals surface area contributed by atoms with Gasteiger partial charge in [0.1, 0.15) is 5.75 Å². The molecule has 2 aromatic rings. The SMILES string of the molecule is CC(C)n1ccc2c(OCC(=O)NC3CCS(=O)(=O)C3)cccc21. The molecule has 0 spiro atoms. The van der Waals surface area contributed by atoms with Crippen molar-refractivity contribution in [1.82, 2.24) is 9.88 Å². The number of ether oxygens (including phenoxy) is 1. The minimum atomic E-state index is -3.00. The number of fused-ring (bicyclic) bond motifs is 1. The highest BCUT2D eigenvalue weighted by Crippen LogP contribution is 2.28. The summed E-state index contributed by atoms with van der Waals surface area (Å²) in [6.07, 6.45) is 2.48. The first-order valence-electron chi connectivity index (χ1n) is 8.08. The predicted octanol–water partition coefficient (Wildman–Crippen LogP) is 1.90. The first-order valence-corrected chi connectivity index (χ1v) is 9.90. The highest BCUT2D eigenvalue weighted by atomic mass is 32.2. The number of nitrogens with one attached hydrogen (secondary N) is 1. The fraction of sp³-hybridized carbons (Fsp3) is 0.471. The third-order valence-electron chi connectivity index (χ3n) is 4.24. The van der Waals surface area contributed by atoms with Crippen LogP contribution in [0.4, 0.5) is 0 Å². The Morgan fingerprint density at radius 2 is 2.17 bits per heavy atom. The van der Waals surface area contributed by atoms with E-state index >= 15 is 0 Å². The lowest BCUT2D eigenvalue weighted by Gasteiger charge is -2.13. The van der Waals surface area contributed by atoms with Crippen molar-refractivity contribution >= 4 is 26.6 Å². The van der Waals surface area contributed by atoms with Gasteiger partial charge >= 0.3 is 0 Å². The number of carbonyl (C=O) groups is 1. The Kier molecular flexibility index (Phi) is 4.54.